The Morgan fingerprint density at radius 2 is 1.94 bits per heavy atom. The highest BCUT2D eigenvalue weighted by atomic mass is 35.5. The van der Waals surface area contributed by atoms with Gasteiger partial charge in [-0.05, 0) is 59.9 Å². The minimum atomic E-state index is 0.287. The summed E-state index contributed by atoms with van der Waals surface area (Å²) in [5, 5.41) is 4.43. The maximum absolute atomic E-state index is 6.17. The van der Waals surface area contributed by atoms with Crippen LogP contribution in [0.2, 0.25) is 5.02 Å². The summed E-state index contributed by atoms with van der Waals surface area (Å²) in [6, 6.07) is 23.0. The van der Waals surface area contributed by atoms with Crippen LogP contribution in [0.1, 0.15) is 35.1 Å². The zero-order valence-electron chi connectivity index (χ0n) is 17.7. The first-order valence-electron chi connectivity index (χ1n) is 10.9. The molecule has 0 bridgehead atoms. The molecule has 0 radical (unpaired) electrons. The van der Waals surface area contributed by atoms with Gasteiger partial charge < -0.3 is 10.1 Å². The number of ether oxygens (including phenoxy) is 1. The summed E-state index contributed by atoms with van der Waals surface area (Å²) < 4.78 is 5.71. The Morgan fingerprint density at radius 3 is 2.78 bits per heavy atom. The van der Waals surface area contributed by atoms with Crippen LogP contribution in [-0.2, 0) is 0 Å². The summed E-state index contributed by atoms with van der Waals surface area (Å²) in [6.07, 6.45) is 9.30. The highest BCUT2D eigenvalue weighted by Gasteiger charge is 2.37. The van der Waals surface area contributed by atoms with E-state index in [9.17, 15) is 0 Å². The molecule has 3 nitrogen and oxygen atoms in total. The largest absolute Gasteiger partial charge is 0.489 e. The lowest BCUT2D eigenvalue weighted by Crippen LogP contribution is -2.28. The van der Waals surface area contributed by atoms with Gasteiger partial charge in [-0.15, -0.1) is 0 Å². The smallest absolute Gasteiger partial charge is 0.128 e. The Labute approximate surface area is 194 Å². The Morgan fingerprint density at radius 1 is 1.09 bits per heavy atom. The lowest BCUT2D eigenvalue weighted by molar-refractivity contribution is 0.363. The number of fused-ring (bicyclic) bond motifs is 3. The van der Waals surface area contributed by atoms with Crippen molar-refractivity contribution in [3.63, 3.8) is 0 Å². The van der Waals surface area contributed by atoms with Crippen LogP contribution in [0.3, 0.4) is 0 Å². The van der Waals surface area contributed by atoms with Gasteiger partial charge in [-0.3, -0.25) is 4.99 Å². The number of aliphatic imine (C=N–C) groups is 1. The van der Waals surface area contributed by atoms with Gasteiger partial charge in [0, 0.05) is 28.4 Å². The minimum absolute atomic E-state index is 0.287. The van der Waals surface area contributed by atoms with Crippen molar-refractivity contribution in [2.75, 3.05) is 11.9 Å². The molecule has 0 saturated heterocycles. The number of hydrogen-bond donors (Lipinski definition) is 1. The maximum atomic E-state index is 6.17. The lowest BCUT2D eigenvalue weighted by Gasteiger charge is -2.37. The number of rotatable bonds is 6. The molecule has 0 unspecified atom stereocenters. The molecule has 1 heterocycles. The summed E-state index contributed by atoms with van der Waals surface area (Å²) in [7, 11) is 0. The van der Waals surface area contributed by atoms with E-state index in [2.05, 4.69) is 77.6 Å². The van der Waals surface area contributed by atoms with Crippen molar-refractivity contribution in [2.24, 2.45) is 10.9 Å². The van der Waals surface area contributed by atoms with Gasteiger partial charge in [-0.25, -0.2) is 0 Å². The molecule has 0 spiro atoms. The first kappa shape index (κ1) is 20.6. The molecule has 0 saturated carbocycles. The van der Waals surface area contributed by atoms with Crippen LogP contribution in [-0.4, -0.2) is 12.8 Å². The molecule has 3 atom stereocenters. The summed E-state index contributed by atoms with van der Waals surface area (Å²) in [5.74, 6) is 1.75. The molecule has 2 aliphatic rings. The van der Waals surface area contributed by atoms with Gasteiger partial charge in [0.25, 0.3) is 0 Å². The third-order valence-electron chi connectivity index (χ3n) is 6.21. The first-order chi connectivity index (χ1) is 15.7. The van der Waals surface area contributed by atoms with Crippen LogP contribution in [0.25, 0.3) is 0 Å². The molecule has 1 aliphatic carbocycles. The molecule has 0 fully saturated rings. The summed E-state index contributed by atoms with van der Waals surface area (Å²) in [4.78, 5) is 4.65. The maximum Gasteiger partial charge on any atom is 0.128 e. The molecule has 3 aromatic carbocycles. The molecule has 32 heavy (non-hydrogen) atoms. The molecule has 1 N–H and O–H groups in total. The fourth-order valence-electron chi connectivity index (χ4n) is 4.69. The van der Waals surface area contributed by atoms with Crippen molar-refractivity contribution in [3.05, 3.63) is 113 Å². The molecule has 5 rings (SSSR count). The van der Waals surface area contributed by atoms with E-state index in [-0.39, 0.29) is 6.04 Å². The molecular formula is C28H25ClN2O. The van der Waals surface area contributed by atoms with Crippen molar-refractivity contribution in [1.82, 2.24) is 0 Å². The molecule has 3 aromatic rings. The molecule has 4 heteroatoms. The lowest BCUT2D eigenvalue weighted by atomic mass is 9.77. The van der Waals surface area contributed by atoms with Gasteiger partial charge in [0.2, 0.25) is 0 Å². The van der Waals surface area contributed by atoms with Crippen molar-refractivity contribution in [3.8, 4) is 5.75 Å². The second-order valence-corrected chi connectivity index (χ2v) is 8.63. The average Bonchev–Trinajstić information content (AvgIpc) is 3.32. The number of halogens is 1. The topological polar surface area (TPSA) is 33.6 Å². The van der Waals surface area contributed by atoms with Crippen molar-refractivity contribution >= 4 is 29.2 Å². The summed E-state index contributed by atoms with van der Waals surface area (Å²) in [5.41, 5.74) is 5.66. The zero-order chi connectivity index (χ0) is 21.9. The van der Waals surface area contributed by atoms with Crippen LogP contribution < -0.4 is 10.1 Å². The van der Waals surface area contributed by atoms with Crippen molar-refractivity contribution < 1.29 is 4.74 Å². The van der Waals surface area contributed by atoms with Crippen LogP contribution in [0.15, 0.2) is 96.5 Å². The van der Waals surface area contributed by atoms with E-state index in [0.717, 1.165) is 23.4 Å². The van der Waals surface area contributed by atoms with Gasteiger partial charge >= 0.3 is 0 Å². The van der Waals surface area contributed by atoms with Gasteiger partial charge in [-0.2, -0.15) is 0 Å². The number of benzene rings is 3. The first-order valence-corrected chi connectivity index (χ1v) is 11.3. The van der Waals surface area contributed by atoms with E-state index in [4.69, 9.17) is 16.3 Å². The fraction of sp³-hybridized carbons (Fsp3) is 0.179. The Balaban J connectivity index is 1.37. The van der Waals surface area contributed by atoms with Gasteiger partial charge in [-0.1, -0.05) is 66.7 Å². The van der Waals surface area contributed by atoms with E-state index in [1.54, 1.807) is 12.3 Å². The van der Waals surface area contributed by atoms with Crippen molar-refractivity contribution in [1.29, 1.82) is 0 Å². The normalized spacial score (nSPS) is 21.1. The number of nitrogens with zero attached hydrogens (tertiary/aromatic N) is 1. The Bertz CT molecular complexity index is 1180. The number of anilines is 1. The molecule has 0 aromatic heterocycles. The van der Waals surface area contributed by atoms with E-state index in [0.29, 0.717) is 23.5 Å². The number of hydrogen-bond acceptors (Lipinski definition) is 3. The monoisotopic (exact) mass is 440 g/mol. The number of allylic oxidation sites excluding steroid dienone is 2. The number of para-hydroxylation sites is 1. The third-order valence-corrected chi connectivity index (χ3v) is 6.44. The van der Waals surface area contributed by atoms with E-state index < -0.39 is 0 Å². The predicted molar refractivity (Wildman–Crippen MR) is 134 cm³/mol. The second-order valence-electron chi connectivity index (χ2n) is 8.19. The Hall–Kier alpha value is -3.30. The van der Waals surface area contributed by atoms with Gasteiger partial charge in [0.05, 0.1) is 11.7 Å². The average molecular weight is 441 g/mol. The van der Waals surface area contributed by atoms with Crippen molar-refractivity contribution in [2.45, 2.75) is 18.4 Å². The summed E-state index contributed by atoms with van der Waals surface area (Å²) >= 11 is 6.17. The van der Waals surface area contributed by atoms with Crippen LogP contribution in [0, 0.1) is 5.92 Å². The fourth-order valence-corrected chi connectivity index (χ4v) is 4.87. The summed E-state index contributed by atoms with van der Waals surface area (Å²) in [6.45, 7) is 4.14. The van der Waals surface area contributed by atoms with Crippen LogP contribution in [0.5, 0.6) is 5.75 Å². The highest BCUT2D eigenvalue weighted by molar-refractivity contribution is 6.30. The van der Waals surface area contributed by atoms with E-state index >= 15 is 0 Å². The van der Waals surface area contributed by atoms with Gasteiger partial charge in [0.1, 0.15) is 12.4 Å². The Kier molecular flexibility index (Phi) is 5.83. The van der Waals surface area contributed by atoms with Gasteiger partial charge in [0.15, 0.2) is 0 Å². The minimum Gasteiger partial charge on any atom is -0.489 e. The zero-order valence-corrected chi connectivity index (χ0v) is 18.5. The number of nitrogens with one attached hydrogen (secondary N) is 1. The quantitative estimate of drug-likeness (QED) is 0.318. The SMILES string of the molecule is C=CCOc1ccc(Cl)cc1C=Nc1ccc([C@@H]2Nc3ccccc3[C@@H]3C=CC[C@@H]32)cc1. The molecule has 0 amide bonds. The standard InChI is InChI=1S/C28H25ClN2O/c1-2-16-32-27-15-12-21(29)17-20(27)18-30-22-13-10-19(11-14-22)28-25-8-5-7-23(25)24-6-3-4-9-26(24)31-28/h2-7,9-15,17-18,23,25,28,31H,1,8,16H2/t23-,25-,28-/m0/s1. The van der Waals surface area contributed by atoms with E-state index in [1.165, 1.54) is 16.8 Å². The highest BCUT2D eigenvalue weighted by Crippen LogP contribution is 2.49. The second kappa shape index (κ2) is 9.05. The molecule has 160 valence electrons. The molecule has 1 aliphatic heterocycles. The van der Waals surface area contributed by atoms with Crippen LogP contribution in [0.4, 0.5) is 11.4 Å². The predicted octanol–water partition coefficient (Wildman–Crippen LogP) is 7.48. The van der Waals surface area contributed by atoms with Crippen LogP contribution >= 0.6 is 11.6 Å². The molecular weight excluding hydrogens is 416 g/mol. The van der Waals surface area contributed by atoms with E-state index in [1.807, 2.05) is 18.2 Å². The third kappa shape index (κ3) is 4.09.